The van der Waals surface area contributed by atoms with Crippen molar-refractivity contribution in [3.8, 4) is 27.8 Å². The van der Waals surface area contributed by atoms with E-state index in [0.717, 1.165) is 21.7 Å². The topological polar surface area (TPSA) is 36.7 Å². The van der Waals surface area contributed by atoms with Crippen LogP contribution >= 0.6 is 23.1 Å². The molecule has 0 aliphatic carbocycles. The van der Waals surface area contributed by atoms with Crippen molar-refractivity contribution in [1.82, 2.24) is 4.98 Å². The third-order valence-corrected chi connectivity index (χ3v) is 4.79. The standard InChI is InChI=1S/C17H11FN2S2/c1-21-17-14(10-19)13(11-4-6-12(18)7-5-11)9-15(20-17)16-3-2-8-22-16/h2-9H,1H3. The summed E-state index contributed by atoms with van der Waals surface area (Å²) in [4.78, 5) is 5.63. The van der Waals surface area contributed by atoms with Crippen LogP contribution in [0.1, 0.15) is 5.56 Å². The molecule has 0 spiro atoms. The smallest absolute Gasteiger partial charge is 0.123 e. The van der Waals surface area contributed by atoms with Crippen LogP contribution in [0, 0.1) is 17.1 Å². The monoisotopic (exact) mass is 326 g/mol. The van der Waals surface area contributed by atoms with Crippen molar-refractivity contribution < 1.29 is 4.39 Å². The van der Waals surface area contributed by atoms with Gasteiger partial charge in [0.1, 0.15) is 16.9 Å². The molecule has 0 atom stereocenters. The molecule has 0 aliphatic heterocycles. The lowest BCUT2D eigenvalue weighted by Gasteiger charge is -2.10. The van der Waals surface area contributed by atoms with Crippen LogP contribution in [0.25, 0.3) is 21.7 Å². The minimum atomic E-state index is -0.292. The van der Waals surface area contributed by atoms with Crippen molar-refractivity contribution in [1.29, 1.82) is 5.26 Å². The van der Waals surface area contributed by atoms with E-state index in [0.29, 0.717) is 10.6 Å². The van der Waals surface area contributed by atoms with E-state index in [1.807, 2.05) is 29.8 Å². The molecule has 0 N–H and O–H groups in total. The Morgan fingerprint density at radius 3 is 2.59 bits per heavy atom. The van der Waals surface area contributed by atoms with E-state index in [1.54, 1.807) is 23.5 Å². The zero-order chi connectivity index (χ0) is 15.5. The van der Waals surface area contributed by atoms with Crippen LogP contribution in [0.5, 0.6) is 0 Å². The summed E-state index contributed by atoms with van der Waals surface area (Å²) in [5, 5.41) is 12.2. The normalized spacial score (nSPS) is 10.4. The minimum Gasteiger partial charge on any atom is -0.239 e. The lowest BCUT2D eigenvalue weighted by Crippen LogP contribution is -1.94. The van der Waals surface area contributed by atoms with Crippen LogP contribution in [-0.4, -0.2) is 11.2 Å². The second-order valence-corrected chi connectivity index (χ2v) is 6.28. The fourth-order valence-corrected chi connectivity index (χ4v) is 3.42. The predicted molar refractivity (Wildman–Crippen MR) is 89.4 cm³/mol. The van der Waals surface area contributed by atoms with Crippen molar-refractivity contribution in [2.45, 2.75) is 5.03 Å². The lowest BCUT2D eigenvalue weighted by atomic mass is 10.0. The first-order valence-electron chi connectivity index (χ1n) is 6.52. The maximum absolute atomic E-state index is 13.2. The summed E-state index contributed by atoms with van der Waals surface area (Å²) in [6.07, 6.45) is 1.90. The highest BCUT2D eigenvalue weighted by atomic mass is 32.2. The first-order chi connectivity index (χ1) is 10.7. The van der Waals surface area contributed by atoms with Gasteiger partial charge < -0.3 is 0 Å². The van der Waals surface area contributed by atoms with E-state index in [9.17, 15) is 9.65 Å². The maximum Gasteiger partial charge on any atom is 0.123 e. The molecule has 3 aromatic rings. The SMILES string of the molecule is CSc1nc(-c2cccs2)cc(-c2ccc(F)cc2)c1C#N. The van der Waals surface area contributed by atoms with Crippen molar-refractivity contribution in [3.05, 3.63) is 59.2 Å². The predicted octanol–water partition coefficient (Wildman–Crippen LogP) is 5.21. The van der Waals surface area contributed by atoms with Gasteiger partial charge in [0.15, 0.2) is 0 Å². The molecule has 0 unspecified atom stereocenters. The number of aromatic nitrogens is 1. The first-order valence-corrected chi connectivity index (χ1v) is 8.62. The molecule has 0 aliphatic rings. The van der Waals surface area contributed by atoms with Gasteiger partial charge in [-0.3, -0.25) is 0 Å². The highest BCUT2D eigenvalue weighted by molar-refractivity contribution is 7.98. The molecule has 0 radical (unpaired) electrons. The quantitative estimate of drug-likeness (QED) is 0.620. The van der Waals surface area contributed by atoms with Gasteiger partial charge in [0.05, 0.1) is 16.1 Å². The van der Waals surface area contributed by atoms with E-state index in [4.69, 9.17) is 0 Å². The Kier molecular flexibility index (Phi) is 4.23. The van der Waals surface area contributed by atoms with Gasteiger partial charge >= 0.3 is 0 Å². The summed E-state index contributed by atoms with van der Waals surface area (Å²) in [6, 6.07) is 14.3. The number of halogens is 1. The molecule has 0 fully saturated rings. The third-order valence-electron chi connectivity index (χ3n) is 3.22. The minimum absolute atomic E-state index is 0.292. The Labute approximate surface area is 136 Å². The average molecular weight is 326 g/mol. The van der Waals surface area contributed by atoms with Crippen molar-refractivity contribution >= 4 is 23.1 Å². The van der Waals surface area contributed by atoms with Crippen LogP contribution < -0.4 is 0 Å². The lowest BCUT2D eigenvalue weighted by molar-refractivity contribution is 0.628. The number of hydrogen-bond donors (Lipinski definition) is 0. The number of nitrogens with zero attached hydrogens (tertiary/aromatic N) is 2. The second-order valence-electron chi connectivity index (χ2n) is 4.54. The zero-order valence-electron chi connectivity index (χ0n) is 11.7. The van der Waals surface area contributed by atoms with Crippen LogP contribution in [0.4, 0.5) is 4.39 Å². The number of hydrogen-bond acceptors (Lipinski definition) is 4. The fourth-order valence-electron chi connectivity index (χ4n) is 2.19. The van der Waals surface area contributed by atoms with Crippen molar-refractivity contribution in [2.24, 2.45) is 0 Å². The Hall–Kier alpha value is -2.16. The second kappa shape index (κ2) is 6.30. The van der Waals surface area contributed by atoms with E-state index in [1.165, 1.54) is 23.9 Å². The Balaban J connectivity index is 2.25. The number of thioether (sulfide) groups is 1. The molecule has 2 heterocycles. The molecule has 5 heteroatoms. The summed E-state index contributed by atoms with van der Waals surface area (Å²) in [7, 11) is 0. The van der Waals surface area contributed by atoms with Crippen molar-refractivity contribution in [2.75, 3.05) is 6.26 Å². The summed E-state index contributed by atoms with van der Waals surface area (Å²) in [5.41, 5.74) is 2.95. The van der Waals surface area contributed by atoms with Gasteiger partial charge in [-0.1, -0.05) is 18.2 Å². The molecule has 0 bridgehead atoms. The molecule has 0 saturated carbocycles. The first kappa shape index (κ1) is 14.8. The fraction of sp³-hybridized carbons (Fsp3) is 0.0588. The average Bonchev–Trinajstić information content (AvgIpc) is 3.08. The molecular formula is C17H11FN2S2. The molecular weight excluding hydrogens is 315 g/mol. The highest BCUT2D eigenvalue weighted by Crippen LogP contribution is 2.34. The van der Waals surface area contributed by atoms with Crippen molar-refractivity contribution in [3.63, 3.8) is 0 Å². The van der Waals surface area contributed by atoms with Gasteiger partial charge in [-0.15, -0.1) is 23.1 Å². The molecule has 1 aromatic carbocycles. The van der Waals surface area contributed by atoms with Gasteiger partial charge in [-0.2, -0.15) is 5.26 Å². The molecule has 2 aromatic heterocycles. The van der Waals surface area contributed by atoms with E-state index in [2.05, 4.69) is 11.1 Å². The summed E-state index contributed by atoms with van der Waals surface area (Å²) in [5.74, 6) is -0.292. The Bertz CT molecular complexity index is 834. The number of benzene rings is 1. The van der Waals surface area contributed by atoms with Gasteiger partial charge in [0.2, 0.25) is 0 Å². The number of pyridine rings is 1. The summed E-state index contributed by atoms with van der Waals surface area (Å²) in [6.45, 7) is 0. The molecule has 3 rings (SSSR count). The number of nitriles is 1. The molecule has 108 valence electrons. The summed E-state index contributed by atoms with van der Waals surface area (Å²) >= 11 is 3.04. The molecule has 2 nitrogen and oxygen atoms in total. The Morgan fingerprint density at radius 1 is 1.23 bits per heavy atom. The van der Waals surface area contributed by atoms with Gasteiger partial charge in [0, 0.05) is 5.56 Å². The Morgan fingerprint density at radius 2 is 2.00 bits per heavy atom. The van der Waals surface area contributed by atoms with Gasteiger partial charge in [-0.25, -0.2) is 9.37 Å². The summed E-state index contributed by atoms with van der Waals surface area (Å²) < 4.78 is 13.2. The highest BCUT2D eigenvalue weighted by Gasteiger charge is 2.15. The molecule has 0 amide bonds. The van der Waals surface area contributed by atoms with Crippen LogP contribution in [0.3, 0.4) is 0 Å². The molecule has 0 saturated heterocycles. The maximum atomic E-state index is 13.2. The van der Waals surface area contributed by atoms with Gasteiger partial charge in [0.25, 0.3) is 0 Å². The van der Waals surface area contributed by atoms with Gasteiger partial charge in [-0.05, 0) is 41.5 Å². The third kappa shape index (κ3) is 2.76. The largest absolute Gasteiger partial charge is 0.239 e. The molecule has 22 heavy (non-hydrogen) atoms. The zero-order valence-corrected chi connectivity index (χ0v) is 13.3. The van der Waals surface area contributed by atoms with E-state index >= 15 is 0 Å². The van der Waals surface area contributed by atoms with Crippen LogP contribution in [-0.2, 0) is 0 Å². The van der Waals surface area contributed by atoms with Crippen LogP contribution in [0.15, 0.2) is 52.9 Å². The number of rotatable bonds is 3. The van der Waals surface area contributed by atoms with Crippen LogP contribution in [0.2, 0.25) is 0 Å². The van der Waals surface area contributed by atoms with E-state index < -0.39 is 0 Å². The number of thiophene rings is 1. The van der Waals surface area contributed by atoms with E-state index in [-0.39, 0.29) is 5.82 Å².